The highest BCUT2D eigenvalue weighted by atomic mass is 32.1. The molecule has 0 saturated carbocycles. The van der Waals surface area contributed by atoms with Crippen molar-refractivity contribution >= 4 is 36.3 Å². The molecule has 0 saturated heterocycles. The lowest BCUT2D eigenvalue weighted by Crippen LogP contribution is -2.60. The van der Waals surface area contributed by atoms with Crippen LogP contribution in [0.5, 0.6) is 0 Å². The van der Waals surface area contributed by atoms with Gasteiger partial charge in [0.05, 0.1) is 18.8 Å². The van der Waals surface area contributed by atoms with Crippen LogP contribution in [0.25, 0.3) is 0 Å². The zero-order valence-electron chi connectivity index (χ0n) is 13.8. The molecule has 0 aromatic carbocycles. The molecule has 0 radical (unpaired) electrons. The van der Waals surface area contributed by atoms with Crippen LogP contribution in [0.3, 0.4) is 0 Å². The summed E-state index contributed by atoms with van der Waals surface area (Å²) in [6, 6.07) is -4.24. The van der Waals surface area contributed by atoms with E-state index in [1.54, 1.807) is 0 Å². The number of aliphatic carboxylic acids is 1. The minimum atomic E-state index is -1.62. The lowest BCUT2D eigenvalue weighted by Gasteiger charge is -2.26. The quantitative estimate of drug-likeness (QED) is 0.177. The van der Waals surface area contributed by atoms with Crippen LogP contribution in [0.15, 0.2) is 0 Å². The van der Waals surface area contributed by atoms with E-state index in [1.807, 2.05) is 5.32 Å². The number of carbonyl (C=O) groups excluding carboxylic acids is 3. The first-order chi connectivity index (χ1) is 11.5. The average molecular weight is 380 g/mol. The van der Waals surface area contributed by atoms with Crippen molar-refractivity contribution in [3.8, 4) is 0 Å². The highest BCUT2D eigenvalue weighted by Gasteiger charge is 2.33. The number of hydrogen-bond acceptors (Lipinski definition) is 8. The van der Waals surface area contributed by atoms with Gasteiger partial charge in [-0.15, -0.1) is 0 Å². The average Bonchev–Trinajstić information content (AvgIpc) is 2.53. The fourth-order valence-corrected chi connectivity index (χ4v) is 2.00. The predicted octanol–water partition coefficient (Wildman–Crippen LogP) is -3.82. The van der Waals surface area contributed by atoms with Crippen LogP contribution in [-0.2, 0) is 19.2 Å². The molecule has 0 fully saturated rings. The summed E-state index contributed by atoms with van der Waals surface area (Å²) >= 11 is 3.91. The van der Waals surface area contributed by atoms with E-state index in [-0.39, 0.29) is 12.3 Å². The summed E-state index contributed by atoms with van der Waals surface area (Å²) in [4.78, 5) is 46.5. The summed E-state index contributed by atoms with van der Waals surface area (Å²) in [5.74, 6) is -4.03. The fourth-order valence-electron chi connectivity index (χ4n) is 1.74. The predicted molar refractivity (Wildman–Crippen MR) is 89.7 cm³/mol. The third kappa shape index (κ3) is 7.69. The maximum absolute atomic E-state index is 12.1. The number of nitrogens with one attached hydrogen (secondary N) is 3. The fraction of sp³-hybridized carbons (Fsp3) is 0.692. The van der Waals surface area contributed by atoms with Gasteiger partial charge in [0.15, 0.2) is 6.04 Å². The molecule has 0 aromatic rings. The number of carbonyl (C=O) groups is 4. The van der Waals surface area contributed by atoms with Crippen LogP contribution < -0.4 is 21.7 Å². The molecule has 0 rings (SSSR count). The molecule has 0 aliphatic rings. The number of carboxylic acid groups (broad SMARTS) is 1. The van der Waals surface area contributed by atoms with E-state index in [1.165, 1.54) is 6.92 Å². The monoisotopic (exact) mass is 380 g/mol. The van der Waals surface area contributed by atoms with E-state index in [0.29, 0.717) is 0 Å². The number of aliphatic hydroxyl groups excluding tert-OH is 2. The van der Waals surface area contributed by atoms with Crippen LogP contribution in [-0.4, -0.2) is 81.6 Å². The van der Waals surface area contributed by atoms with Crippen molar-refractivity contribution in [2.45, 2.75) is 44.2 Å². The highest BCUT2D eigenvalue weighted by molar-refractivity contribution is 7.80. The Morgan fingerprint density at radius 1 is 0.960 bits per heavy atom. The maximum atomic E-state index is 12.1. The molecule has 0 aromatic heterocycles. The topological polar surface area (TPSA) is 191 Å². The van der Waals surface area contributed by atoms with E-state index < -0.39 is 54.0 Å². The first kappa shape index (κ1) is 23.1. The maximum Gasteiger partial charge on any atom is 0.328 e. The smallest absolute Gasteiger partial charge is 0.328 e. The van der Waals surface area contributed by atoms with Crippen molar-refractivity contribution in [1.29, 1.82) is 0 Å². The number of thiol groups is 1. The molecule has 144 valence electrons. The van der Waals surface area contributed by atoms with Gasteiger partial charge in [0.1, 0.15) is 12.1 Å². The number of nitrogens with two attached hydrogens (primary N) is 1. The second-order valence-corrected chi connectivity index (χ2v) is 5.66. The standard InChI is InChI=1S/C13H24N4O7S/c1-5(18)9(12(22)17-10(6(2)19)13(23)24)16-11(21)7(4-25)15-8(20)3-14/h5-7,9-10,18-19,25H,3-4,14H2,1-2H3,(H,15,20)(H,16,21)(H,17,22)(H,23,24). The van der Waals surface area contributed by atoms with Crippen molar-refractivity contribution in [3.63, 3.8) is 0 Å². The molecule has 12 heteroatoms. The van der Waals surface area contributed by atoms with Gasteiger partial charge in [-0.1, -0.05) is 0 Å². The summed E-state index contributed by atoms with van der Waals surface area (Å²) in [5, 5.41) is 34.5. The van der Waals surface area contributed by atoms with Crippen molar-refractivity contribution in [2.24, 2.45) is 5.73 Å². The van der Waals surface area contributed by atoms with Crippen molar-refractivity contribution in [1.82, 2.24) is 16.0 Å². The molecule has 0 spiro atoms. The van der Waals surface area contributed by atoms with Gasteiger partial charge in [-0.2, -0.15) is 12.6 Å². The van der Waals surface area contributed by atoms with E-state index in [4.69, 9.17) is 10.8 Å². The molecule has 0 aliphatic heterocycles. The van der Waals surface area contributed by atoms with Crippen LogP contribution in [0.1, 0.15) is 13.8 Å². The van der Waals surface area contributed by atoms with Crippen LogP contribution in [0.4, 0.5) is 0 Å². The largest absolute Gasteiger partial charge is 0.480 e. The van der Waals surface area contributed by atoms with Crippen molar-refractivity contribution in [3.05, 3.63) is 0 Å². The summed E-state index contributed by atoms with van der Waals surface area (Å²) in [7, 11) is 0. The van der Waals surface area contributed by atoms with Crippen molar-refractivity contribution in [2.75, 3.05) is 12.3 Å². The van der Waals surface area contributed by atoms with Crippen molar-refractivity contribution < 1.29 is 34.5 Å². The zero-order chi connectivity index (χ0) is 19.7. The van der Waals surface area contributed by atoms with Crippen LogP contribution in [0.2, 0.25) is 0 Å². The molecule has 5 atom stereocenters. The Morgan fingerprint density at radius 3 is 1.80 bits per heavy atom. The number of hydrogen-bond donors (Lipinski definition) is 8. The van der Waals surface area contributed by atoms with Gasteiger partial charge in [0.2, 0.25) is 17.7 Å². The Morgan fingerprint density at radius 2 is 1.44 bits per heavy atom. The lowest BCUT2D eigenvalue weighted by atomic mass is 10.1. The molecule has 5 unspecified atom stereocenters. The molecule has 25 heavy (non-hydrogen) atoms. The third-order valence-electron chi connectivity index (χ3n) is 3.13. The van der Waals surface area contributed by atoms with E-state index >= 15 is 0 Å². The SMILES string of the molecule is CC(O)C(NC(=O)C(NC(=O)C(CS)NC(=O)CN)C(C)O)C(=O)O. The second kappa shape index (κ2) is 10.9. The number of aliphatic hydroxyl groups is 2. The molecule has 0 bridgehead atoms. The van der Waals surface area contributed by atoms with E-state index in [0.717, 1.165) is 6.92 Å². The minimum Gasteiger partial charge on any atom is -0.480 e. The first-order valence-electron chi connectivity index (χ1n) is 7.35. The number of carboxylic acids is 1. The Bertz CT molecular complexity index is 501. The lowest BCUT2D eigenvalue weighted by molar-refractivity contribution is -0.145. The van der Waals surface area contributed by atoms with Crippen LogP contribution in [0, 0.1) is 0 Å². The summed E-state index contributed by atoms with van der Waals surface area (Å²) in [5.41, 5.74) is 5.13. The molecule has 8 N–H and O–H groups in total. The first-order valence-corrected chi connectivity index (χ1v) is 7.98. The summed E-state index contributed by atoms with van der Waals surface area (Å²) in [6.45, 7) is 2.01. The zero-order valence-corrected chi connectivity index (χ0v) is 14.7. The molecular formula is C13H24N4O7S. The van der Waals surface area contributed by atoms with E-state index in [9.17, 15) is 29.4 Å². The molecule has 11 nitrogen and oxygen atoms in total. The number of rotatable bonds is 10. The Kier molecular flexibility index (Phi) is 10.0. The molecule has 0 heterocycles. The Hall–Kier alpha value is -1.89. The van der Waals surface area contributed by atoms with E-state index in [2.05, 4.69) is 23.3 Å². The second-order valence-electron chi connectivity index (χ2n) is 5.30. The minimum absolute atomic E-state index is 0.100. The summed E-state index contributed by atoms with van der Waals surface area (Å²) in [6.07, 6.45) is -2.78. The van der Waals surface area contributed by atoms with Crippen LogP contribution >= 0.6 is 12.6 Å². The van der Waals surface area contributed by atoms with Gasteiger partial charge in [-0.25, -0.2) is 4.79 Å². The normalized spacial score (nSPS) is 16.7. The van der Waals surface area contributed by atoms with Gasteiger partial charge in [-0.05, 0) is 13.8 Å². The highest BCUT2D eigenvalue weighted by Crippen LogP contribution is 2.00. The van der Waals surface area contributed by atoms with Gasteiger partial charge in [0, 0.05) is 5.75 Å². The number of amides is 3. The third-order valence-corrected chi connectivity index (χ3v) is 3.49. The Balaban J connectivity index is 5.10. The molecule has 0 aliphatic carbocycles. The molecule has 3 amide bonds. The van der Waals surface area contributed by atoms with Gasteiger partial charge >= 0.3 is 5.97 Å². The Labute approximate surface area is 149 Å². The van der Waals surface area contributed by atoms with Gasteiger partial charge in [0.25, 0.3) is 0 Å². The summed E-state index contributed by atoms with van der Waals surface area (Å²) < 4.78 is 0. The van der Waals surface area contributed by atoms with Gasteiger partial charge < -0.3 is 37.0 Å². The molecular weight excluding hydrogens is 356 g/mol. The van der Waals surface area contributed by atoms with Gasteiger partial charge in [-0.3, -0.25) is 14.4 Å².